The first-order valence-electron chi connectivity index (χ1n) is 3.56. The Balaban J connectivity index is 0.00000144. The number of hydrogen-bond donors (Lipinski definition) is 5. The molecule has 7 N–H and O–H groups in total. The maximum atomic E-state index is 9.12. The van der Waals surface area contributed by atoms with E-state index in [1.54, 1.807) is 0 Å². The molecule has 0 saturated carbocycles. The Morgan fingerprint density at radius 1 is 0.923 bits per heavy atom. The highest BCUT2D eigenvalue weighted by molar-refractivity contribution is 4.87. The van der Waals surface area contributed by atoms with Crippen LogP contribution in [0, 0.1) is 0 Å². The molecule has 0 spiro atoms. The Labute approximate surface area is 74.1 Å². The lowest BCUT2D eigenvalue weighted by atomic mass is 10.00. The maximum Gasteiger partial charge on any atom is 0.184 e. The van der Waals surface area contributed by atoms with E-state index < -0.39 is 37.3 Å². The Morgan fingerprint density at radius 2 is 1.46 bits per heavy atom. The molecule has 0 aromatic rings. The van der Waals surface area contributed by atoms with E-state index in [1.807, 2.05) is 0 Å². The summed E-state index contributed by atoms with van der Waals surface area (Å²) in [6.45, 7) is -0.526. The summed E-state index contributed by atoms with van der Waals surface area (Å²) in [6.07, 6.45) is -7.04. The second-order valence-electron chi connectivity index (χ2n) is 2.72. The lowest BCUT2D eigenvalue weighted by Crippen LogP contribution is -2.58. The third kappa shape index (κ3) is 2.35. The minimum absolute atomic E-state index is 0. The molecule has 1 aliphatic heterocycles. The quantitative estimate of drug-likeness (QED) is 0.290. The Bertz CT molecular complexity index is 147. The van der Waals surface area contributed by atoms with Crippen LogP contribution in [0.2, 0.25) is 0 Å². The van der Waals surface area contributed by atoms with Crippen LogP contribution in [0.5, 0.6) is 0 Å². The molecule has 1 saturated heterocycles. The molecule has 0 radical (unpaired) electrons. The smallest absolute Gasteiger partial charge is 0.184 e. The van der Waals surface area contributed by atoms with E-state index in [1.165, 1.54) is 0 Å². The highest BCUT2D eigenvalue weighted by atomic mass is 16.6. The zero-order valence-electron chi connectivity index (χ0n) is 6.74. The van der Waals surface area contributed by atoms with E-state index in [-0.39, 0.29) is 5.48 Å². The van der Waals surface area contributed by atoms with Crippen molar-refractivity contribution in [2.75, 3.05) is 6.61 Å². The van der Waals surface area contributed by atoms with Crippen LogP contribution in [0.1, 0.15) is 0 Å². The lowest BCUT2D eigenvalue weighted by Gasteiger charge is -2.37. The van der Waals surface area contributed by atoms with Crippen molar-refractivity contribution < 1.29 is 35.7 Å². The summed E-state index contributed by atoms with van der Waals surface area (Å²) in [6, 6.07) is 0. The molecule has 1 unspecified atom stereocenters. The van der Waals surface area contributed by atoms with Gasteiger partial charge in [-0.3, -0.25) is 0 Å². The molecular weight excluding hydrogens is 184 g/mol. The molecular formula is C6H14O7. The first-order valence-corrected chi connectivity index (χ1v) is 3.56. The Hall–Kier alpha value is -0.280. The van der Waals surface area contributed by atoms with E-state index in [0.717, 1.165) is 0 Å². The van der Waals surface area contributed by atoms with Crippen LogP contribution in [0.25, 0.3) is 0 Å². The summed E-state index contributed by atoms with van der Waals surface area (Å²) in [5, 5.41) is 44.7. The summed E-state index contributed by atoms with van der Waals surface area (Å²) in [5.74, 6) is 0. The van der Waals surface area contributed by atoms with Crippen molar-refractivity contribution in [3.8, 4) is 0 Å². The fraction of sp³-hybridized carbons (Fsp3) is 1.00. The van der Waals surface area contributed by atoms with Crippen molar-refractivity contribution in [1.29, 1.82) is 0 Å². The van der Waals surface area contributed by atoms with Gasteiger partial charge >= 0.3 is 0 Å². The van der Waals surface area contributed by atoms with Gasteiger partial charge in [-0.15, -0.1) is 0 Å². The molecule has 0 aromatic heterocycles. The number of aliphatic hydroxyl groups excluding tert-OH is 5. The second kappa shape index (κ2) is 4.82. The summed E-state index contributed by atoms with van der Waals surface area (Å²) >= 11 is 0. The largest absolute Gasteiger partial charge is 0.412 e. The van der Waals surface area contributed by atoms with E-state index in [0.29, 0.717) is 0 Å². The third-order valence-corrected chi connectivity index (χ3v) is 1.87. The van der Waals surface area contributed by atoms with Gasteiger partial charge in [0.05, 0.1) is 6.61 Å². The second-order valence-corrected chi connectivity index (χ2v) is 2.72. The van der Waals surface area contributed by atoms with Crippen LogP contribution in [0.4, 0.5) is 0 Å². The molecule has 0 amide bonds. The number of aliphatic hydroxyl groups is 5. The highest BCUT2D eigenvalue weighted by Crippen LogP contribution is 2.18. The van der Waals surface area contributed by atoms with Crippen molar-refractivity contribution in [3.05, 3.63) is 0 Å². The van der Waals surface area contributed by atoms with Gasteiger partial charge in [0.1, 0.15) is 24.4 Å². The number of ether oxygens (including phenoxy) is 1. The molecule has 1 fully saturated rings. The summed E-state index contributed by atoms with van der Waals surface area (Å²) in [5.41, 5.74) is 0. The van der Waals surface area contributed by atoms with Crippen LogP contribution in [0.15, 0.2) is 0 Å². The van der Waals surface area contributed by atoms with Crippen LogP contribution < -0.4 is 0 Å². The van der Waals surface area contributed by atoms with Gasteiger partial charge < -0.3 is 35.7 Å². The first kappa shape index (κ1) is 12.7. The van der Waals surface area contributed by atoms with Crippen molar-refractivity contribution in [2.24, 2.45) is 0 Å². The fourth-order valence-electron chi connectivity index (χ4n) is 1.08. The SMILES string of the molecule is O.OC[C@@H]1OC(O)[C@H](O)[C@H](O)[C@@H]1O. The summed E-state index contributed by atoms with van der Waals surface area (Å²) < 4.78 is 4.58. The lowest BCUT2D eigenvalue weighted by molar-refractivity contribution is -0.286. The molecule has 7 nitrogen and oxygen atoms in total. The van der Waals surface area contributed by atoms with Crippen LogP contribution in [0.3, 0.4) is 0 Å². The van der Waals surface area contributed by atoms with E-state index in [2.05, 4.69) is 4.74 Å². The van der Waals surface area contributed by atoms with E-state index >= 15 is 0 Å². The molecule has 0 bridgehead atoms. The average molecular weight is 198 g/mol. The van der Waals surface area contributed by atoms with Crippen molar-refractivity contribution >= 4 is 0 Å². The standard InChI is InChI=1S/C6H12O6.H2O/c7-1-2-3(8)4(9)5(10)6(11)12-2;/h2-11H,1H2;1H2/t2-,3+,4+,5+,6?;/m0./s1. The zero-order valence-corrected chi connectivity index (χ0v) is 6.74. The van der Waals surface area contributed by atoms with Crippen LogP contribution in [-0.4, -0.2) is 68.3 Å². The molecule has 13 heavy (non-hydrogen) atoms. The third-order valence-electron chi connectivity index (χ3n) is 1.87. The average Bonchev–Trinajstić information content (AvgIpc) is 2.08. The monoisotopic (exact) mass is 198 g/mol. The molecule has 80 valence electrons. The van der Waals surface area contributed by atoms with Crippen LogP contribution >= 0.6 is 0 Å². The minimum atomic E-state index is -1.57. The van der Waals surface area contributed by atoms with Gasteiger partial charge in [0.2, 0.25) is 0 Å². The van der Waals surface area contributed by atoms with E-state index in [9.17, 15) is 0 Å². The van der Waals surface area contributed by atoms with Gasteiger partial charge in [-0.25, -0.2) is 0 Å². The Kier molecular flexibility index (Phi) is 4.71. The molecule has 0 aliphatic carbocycles. The van der Waals surface area contributed by atoms with Crippen molar-refractivity contribution in [1.82, 2.24) is 0 Å². The maximum absolute atomic E-state index is 9.12. The summed E-state index contributed by atoms with van der Waals surface area (Å²) in [7, 11) is 0. The van der Waals surface area contributed by atoms with Crippen LogP contribution in [-0.2, 0) is 4.74 Å². The van der Waals surface area contributed by atoms with Crippen molar-refractivity contribution in [3.63, 3.8) is 0 Å². The summed E-state index contributed by atoms with van der Waals surface area (Å²) in [4.78, 5) is 0. The predicted octanol–water partition coefficient (Wildman–Crippen LogP) is -4.05. The normalized spacial score (nSPS) is 45.5. The highest BCUT2D eigenvalue weighted by Gasteiger charge is 2.42. The molecule has 1 aliphatic rings. The zero-order chi connectivity index (χ0) is 9.30. The molecule has 0 aromatic carbocycles. The van der Waals surface area contributed by atoms with Gasteiger partial charge in [0.15, 0.2) is 6.29 Å². The van der Waals surface area contributed by atoms with Gasteiger partial charge in [-0.1, -0.05) is 0 Å². The topological polar surface area (TPSA) is 142 Å². The van der Waals surface area contributed by atoms with Crippen molar-refractivity contribution in [2.45, 2.75) is 30.7 Å². The van der Waals surface area contributed by atoms with Gasteiger partial charge in [-0.05, 0) is 0 Å². The van der Waals surface area contributed by atoms with Gasteiger partial charge in [-0.2, -0.15) is 0 Å². The molecule has 1 rings (SSSR count). The predicted molar refractivity (Wildman–Crippen MR) is 39.6 cm³/mol. The number of rotatable bonds is 1. The first-order chi connectivity index (χ1) is 5.57. The number of hydrogen-bond acceptors (Lipinski definition) is 6. The molecule has 7 heteroatoms. The van der Waals surface area contributed by atoms with Gasteiger partial charge in [0, 0.05) is 0 Å². The Morgan fingerprint density at radius 3 is 1.92 bits per heavy atom. The van der Waals surface area contributed by atoms with E-state index in [4.69, 9.17) is 25.5 Å². The van der Waals surface area contributed by atoms with Gasteiger partial charge in [0.25, 0.3) is 0 Å². The molecule has 5 atom stereocenters. The fourth-order valence-corrected chi connectivity index (χ4v) is 1.08. The molecule has 1 heterocycles. The minimum Gasteiger partial charge on any atom is -0.412 e.